The summed E-state index contributed by atoms with van der Waals surface area (Å²) in [5.41, 5.74) is 6.61. The van der Waals surface area contributed by atoms with Crippen LogP contribution in [0.3, 0.4) is 0 Å². The summed E-state index contributed by atoms with van der Waals surface area (Å²) >= 11 is 0. The van der Waals surface area contributed by atoms with Gasteiger partial charge in [0.2, 0.25) is 5.91 Å². The molecule has 0 bridgehead atoms. The second kappa shape index (κ2) is 7.23. The summed E-state index contributed by atoms with van der Waals surface area (Å²) in [6, 6.07) is 16.2. The predicted molar refractivity (Wildman–Crippen MR) is 87.8 cm³/mol. The Morgan fingerprint density at radius 1 is 0.958 bits per heavy atom. The van der Waals surface area contributed by atoms with Crippen molar-refractivity contribution in [3.8, 4) is 17.5 Å². The molecule has 0 aliphatic rings. The Kier molecular flexibility index (Phi) is 4.67. The van der Waals surface area contributed by atoms with Crippen molar-refractivity contribution in [1.29, 1.82) is 0 Å². The monoisotopic (exact) mass is 321 g/mol. The van der Waals surface area contributed by atoms with Crippen molar-refractivity contribution in [2.75, 3.05) is 0 Å². The Morgan fingerprint density at radius 2 is 1.67 bits per heavy atom. The molecular weight excluding hydrogens is 306 g/mol. The molecule has 0 atom stereocenters. The fraction of sp³-hybridized carbons (Fsp3) is 0.0556. The second-order valence-electron chi connectivity index (χ2n) is 4.96. The van der Waals surface area contributed by atoms with Crippen molar-refractivity contribution >= 4 is 5.91 Å². The molecule has 0 aliphatic carbocycles. The number of nitrogens with two attached hydrogens (primary N) is 1. The van der Waals surface area contributed by atoms with E-state index in [-0.39, 0.29) is 6.01 Å². The standard InChI is InChI=1S/C18H15N3O3/c19-17(22)14-7-5-13(6-8-14)12-23-15-3-1-4-16(11-15)24-18-20-9-2-10-21-18/h1-11H,12H2,(H2,19,22). The number of nitrogens with zero attached hydrogens (tertiary/aromatic N) is 2. The van der Waals surface area contributed by atoms with Crippen LogP contribution < -0.4 is 15.2 Å². The van der Waals surface area contributed by atoms with E-state index >= 15 is 0 Å². The van der Waals surface area contributed by atoms with Gasteiger partial charge in [-0.05, 0) is 35.9 Å². The average Bonchev–Trinajstić information content (AvgIpc) is 2.61. The lowest BCUT2D eigenvalue weighted by atomic mass is 10.1. The second-order valence-corrected chi connectivity index (χ2v) is 4.96. The zero-order valence-electron chi connectivity index (χ0n) is 12.8. The largest absolute Gasteiger partial charge is 0.489 e. The fourth-order valence-electron chi connectivity index (χ4n) is 2.00. The van der Waals surface area contributed by atoms with Crippen molar-refractivity contribution in [3.63, 3.8) is 0 Å². The molecule has 1 aromatic heterocycles. The van der Waals surface area contributed by atoms with Crippen molar-refractivity contribution in [2.24, 2.45) is 5.73 Å². The lowest BCUT2D eigenvalue weighted by Crippen LogP contribution is -2.10. The SMILES string of the molecule is NC(=O)c1ccc(COc2cccc(Oc3ncccn3)c2)cc1. The van der Waals surface area contributed by atoms with Gasteiger partial charge in [-0.3, -0.25) is 4.79 Å². The maximum atomic E-state index is 11.0. The summed E-state index contributed by atoms with van der Waals surface area (Å²) in [6.45, 7) is 0.365. The molecule has 2 N–H and O–H groups in total. The number of benzene rings is 2. The Labute approximate surface area is 138 Å². The van der Waals surface area contributed by atoms with Gasteiger partial charge in [-0.1, -0.05) is 18.2 Å². The quantitative estimate of drug-likeness (QED) is 0.754. The van der Waals surface area contributed by atoms with E-state index in [1.165, 1.54) is 0 Å². The van der Waals surface area contributed by atoms with Crippen molar-refractivity contribution in [3.05, 3.63) is 78.1 Å². The summed E-state index contributed by atoms with van der Waals surface area (Å²) in [5, 5.41) is 0. The third-order valence-corrected chi connectivity index (χ3v) is 3.20. The molecule has 1 amide bonds. The summed E-state index contributed by atoms with van der Waals surface area (Å²) in [4.78, 5) is 19.1. The summed E-state index contributed by atoms with van der Waals surface area (Å²) in [5.74, 6) is 0.792. The highest BCUT2D eigenvalue weighted by atomic mass is 16.5. The normalized spacial score (nSPS) is 10.2. The van der Waals surface area contributed by atoms with Gasteiger partial charge < -0.3 is 15.2 Å². The van der Waals surface area contributed by atoms with Crippen molar-refractivity contribution in [2.45, 2.75) is 6.61 Å². The minimum absolute atomic E-state index is 0.275. The topological polar surface area (TPSA) is 87.3 Å². The highest BCUT2D eigenvalue weighted by Crippen LogP contribution is 2.23. The third-order valence-electron chi connectivity index (χ3n) is 3.20. The lowest BCUT2D eigenvalue weighted by Gasteiger charge is -2.09. The van der Waals surface area contributed by atoms with Gasteiger partial charge in [0.15, 0.2) is 0 Å². The number of aromatic nitrogens is 2. The zero-order valence-corrected chi connectivity index (χ0v) is 12.8. The number of hydrogen-bond donors (Lipinski definition) is 1. The highest BCUT2D eigenvalue weighted by molar-refractivity contribution is 5.92. The summed E-state index contributed by atoms with van der Waals surface area (Å²) in [6.07, 6.45) is 3.22. The van der Waals surface area contributed by atoms with Crippen LogP contribution in [0.25, 0.3) is 0 Å². The van der Waals surface area contributed by atoms with Gasteiger partial charge in [0, 0.05) is 24.0 Å². The minimum Gasteiger partial charge on any atom is -0.489 e. The number of rotatable bonds is 6. The Morgan fingerprint density at radius 3 is 2.38 bits per heavy atom. The molecule has 0 saturated carbocycles. The predicted octanol–water partition coefficient (Wildman–Crippen LogP) is 2.95. The van der Waals surface area contributed by atoms with Gasteiger partial charge in [-0.2, -0.15) is 0 Å². The first kappa shape index (κ1) is 15.5. The molecular formula is C18H15N3O3. The van der Waals surface area contributed by atoms with E-state index in [2.05, 4.69) is 9.97 Å². The minimum atomic E-state index is -0.449. The van der Waals surface area contributed by atoms with Crippen LogP contribution in [0.1, 0.15) is 15.9 Å². The summed E-state index contributed by atoms with van der Waals surface area (Å²) in [7, 11) is 0. The molecule has 0 aliphatic heterocycles. The molecule has 1 heterocycles. The van der Waals surface area contributed by atoms with Gasteiger partial charge in [0.1, 0.15) is 18.1 Å². The number of primary amides is 1. The van der Waals surface area contributed by atoms with Crippen LogP contribution in [0.15, 0.2) is 67.0 Å². The molecule has 24 heavy (non-hydrogen) atoms. The Hall–Kier alpha value is -3.41. The number of ether oxygens (including phenoxy) is 2. The molecule has 0 saturated heterocycles. The molecule has 6 nitrogen and oxygen atoms in total. The van der Waals surface area contributed by atoms with Crippen LogP contribution >= 0.6 is 0 Å². The molecule has 2 aromatic carbocycles. The maximum absolute atomic E-state index is 11.0. The zero-order chi connectivity index (χ0) is 16.8. The fourth-order valence-corrected chi connectivity index (χ4v) is 2.00. The Bertz CT molecular complexity index is 820. The molecule has 3 rings (SSSR count). The van der Waals surface area contributed by atoms with Gasteiger partial charge in [-0.15, -0.1) is 0 Å². The van der Waals surface area contributed by atoms with Gasteiger partial charge in [0.25, 0.3) is 0 Å². The van der Waals surface area contributed by atoms with E-state index in [0.29, 0.717) is 23.7 Å². The van der Waals surface area contributed by atoms with E-state index in [4.69, 9.17) is 15.2 Å². The van der Waals surface area contributed by atoms with Gasteiger partial charge in [0.05, 0.1) is 0 Å². The van der Waals surface area contributed by atoms with Crippen molar-refractivity contribution < 1.29 is 14.3 Å². The van der Waals surface area contributed by atoms with Crippen LogP contribution in [-0.2, 0) is 6.61 Å². The molecule has 0 spiro atoms. The molecule has 3 aromatic rings. The number of hydrogen-bond acceptors (Lipinski definition) is 5. The van der Waals surface area contributed by atoms with Crippen molar-refractivity contribution in [1.82, 2.24) is 9.97 Å². The first-order valence-corrected chi connectivity index (χ1v) is 7.27. The van der Waals surface area contributed by atoms with Gasteiger partial charge in [-0.25, -0.2) is 9.97 Å². The van der Waals surface area contributed by atoms with E-state index in [1.807, 2.05) is 12.1 Å². The lowest BCUT2D eigenvalue weighted by molar-refractivity contribution is 0.1000. The number of amides is 1. The van der Waals surface area contributed by atoms with E-state index < -0.39 is 5.91 Å². The first-order chi connectivity index (χ1) is 11.7. The third kappa shape index (κ3) is 4.07. The molecule has 120 valence electrons. The van der Waals surface area contributed by atoms with Crippen LogP contribution in [-0.4, -0.2) is 15.9 Å². The molecule has 0 unspecified atom stereocenters. The van der Waals surface area contributed by atoms with Crippen LogP contribution in [0.2, 0.25) is 0 Å². The Balaban J connectivity index is 1.63. The van der Waals surface area contributed by atoms with Crippen LogP contribution in [0.4, 0.5) is 0 Å². The van der Waals surface area contributed by atoms with E-state index in [1.54, 1.807) is 54.9 Å². The maximum Gasteiger partial charge on any atom is 0.321 e. The van der Waals surface area contributed by atoms with Crippen LogP contribution in [0.5, 0.6) is 17.5 Å². The molecule has 6 heteroatoms. The molecule has 0 radical (unpaired) electrons. The number of carbonyl (C=O) groups is 1. The first-order valence-electron chi connectivity index (χ1n) is 7.27. The van der Waals surface area contributed by atoms with Crippen LogP contribution in [0, 0.1) is 0 Å². The van der Waals surface area contributed by atoms with Gasteiger partial charge >= 0.3 is 6.01 Å². The summed E-state index contributed by atoms with van der Waals surface area (Å²) < 4.78 is 11.3. The van der Waals surface area contributed by atoms with E-state index in [9.17, 15) is 4.79 Å². The molecule has 0 fully saturated rings. The number of carbonyl (C=O) groups excluding carboxylic acids is 1. The highest BCUT2D eigenvalue weighted by Gasteiger charge is 2.03. The smallest absolute Gasteiger partial charge is 0.321 e. The average molecular weight is 321 g/mol. The van der Waals surface area contributed by atoms with E-state index in [0.717, 1.165) is 5.56 Å².